The van der Waals surface area contributed by atoms with Crippen LogP contribution in [0.5, 0.6) is 0 Å². The van der Waals surface area contributed by atoms with Gasteiger partial charge in [-0.05, 0) is 35.2 Å². The summed E-state index contributed by atoms with van der Waals surface area (Å²) in [4.78, 5) is 32.7. The first kappa shape index (κ1) is 21.1. The minimum atomic E-state index is -0.194. The molecule has 2 amide bonds. The number of hydrogen-bond acceptors (Lipinski definition) is 6. The largest absolute Gasteiger partial charge is 0.464 e. The number of piperidine rings is 1. The summed E-state index contributed by atoms with van der Waals surface area (Å²) in [5.74, 6) is -0.354. The molecule has 3 heterocycles. The number of urea groups is 1. The average molecular weight is 409 g/mol. The maximum absolute atomic E-state index is 12.4. The fourth-order valence-corrected chi connectivity index (χ4v) is 4.49. The lowest BCUT2D eigenvalue weighted by Crippen LogP contribution is -2.48. The second-order valence-electron chi connectivity index (χ2n) is 7.88. The molecule has 0 radical (unpaired) electrons. The van der Waals surface area contributed by atoms with E-state index in [1.165, 1.54) is 5.56 Å². The Labute approximate surface area is 171 Å². The monoisotopic (exact) mass is 408 g/mol. The van der Waals surface area contributed by atoms with E-state index < -0.39 is 0 Å². The summed E-state index contributed by atoms with van der Waals surface area (Å²) in [5.41, 5.74) is 1.39. The molecule has 0 spiro atoms. The quantitative estimate of drug-likeness (QED) is 0.672. The van der Waals surface area contributed by atoms with Gasteiger partial charge in [-0.15, -0.1) is 0 Å². The van der Waals surface area contributed by atoms with E-state index in [1.54, 1.807) is 35.2 Å². The van der Waals surface area contributed by atoms with Gasteiger partial charge in [0.25, 0.3) is 0 Å². The van der Waals surface area contributed by atoms with Crippen molar-refractivity contribution in [3.63, 3.8) is 0 Å². The zero-order valence-corrected chi connectivity index (χ0v) is 17.8. The maximum atomic E-state index is 12.4. The summed E-state index contributed by atoms with van der Waals surface area (Å²) in [6.45, 7) is 7.55. The molecule has 3 rings (SSSR count). The van der Waals surface area contributed by atoms with Crippen LogP contribution in [0.1, 0.15) is 18.4 Å². The normalized spacial score (nSPS) is 21.5. The van der Waals surface area contributed by atoms with Crippen molar-refractivity contribution in [3.8, 4) is 0 Å². The standard InChI is InChI=1S/C20H32N4O3S/c1-21(2)20(26)24-6-3-4-18(15-24)19(25)27-12-11-22-7-9-23(10-8-22)14-17-5-13-28-16-17/h5,13,16,18H,3-4,6-12,14-15H2,1-2H3/t18-/m1/s1. The molecule has 2 saturated heterocycles. The van der Waals surface area contributed by atoms with Crippen LogP contribution in [0.15, 0.2) is 16.8 Å². The van der Waals surface area contributed by atoms with Crippen molar-refractivity contribution < 1.29 is 14.3 Å². The summed E-state index contributed by atoms with van der Waals surface area (Å²) < 4.78 is 5.54. The maximum Gasteiger partial charge on any atom is 0.319 e. The third-order valence-electron chi connectivity index (χ3n) is 5.51. The van der Waals surface area contributed by atoms with E-state index in [4.69, 9.17) is 4.74 Å². The van der Waals surface area contributed by atoms with Gasteiger partial charge < -0.3 is 14.5 Å². The fourth-order valence-electron chi connectivity index (χ4n) is 3.83. The van der Waals surface area contributed by atoms with Gasteiger partial charge in [-0.25, -0.2) is 4.79 Å². The predicted molar refractivity (Wildman–Crippen MR) is 110 cm³/mol. The van der Waals surface area contributed by atoms with Crippen molar-refractivity contribution in [1.29, 1.82) is 0 Å². The minimum absolute atomic E-state index is 0.0298. The SMILES string of the molecule is CN(C)C(=O)N1CCC[C@@H](C(=O)OCCN2CCN(Cc3ccsc3)CC2)C1. The number of piperazine rings is 1. The van der Waals surface area contributed by atoms with Crippen LogP contribution < -0.4 is 0 Å². The molecule has 2 aliphatic rings. The van der Waals surface area contributed by atoms with Crippen molar-refractivity contribution in [1.82, 2.24) is 19.6 Å². The Balaban J connectivity index is 1.33. The Morgan fingerprint density at radius 2 is 1.93 bits per heavy atom. The number of hydrogen-bond donors (Lipinski definition) is 0. The molecule has 28 heavy (non-hydrogen) atoms. The zero-order valence-electron chi connectivity index (χ0n) is 17.0. The van der Waals surface area contributed by atoms with E-state index in [9.17, 15) is 9.59 Å². The van der Waals surface area contributed by atoms with E-state index in [1.807, 2.05) is 0 Å². The van der Waals surface area contributed by atoms with Crippen molar-refractivity contribution in [2.75, 3.05) is 66.5 Å². The first-order valence-electron chi connectivity index (χ1n) is 10.1. The summed E-state index contributed by atoms with van der Waals surface area (Å²) in [7, 11) is 3.48. The number of rotatable bonds is 6. The van der Waals surface area contributed by atoms with Crippen LogP contribution in [0.3, 0.4) is 0 Å². The molecule has 156 valence electrons. The molecule has 0 saturated carbocycles. The van der Waals surface area contributed by atoms with E-state index in [0.717, 1.165) is 58.7 Å². The first-order chi connectivity index (χ1) is 13.5. The summed E-state index contributed by atoms with van der Waals surface area (Å²) in [5, 5.41) is 4.34. The highest BCUT2D eigenvalue weighted by Gasteiger charge is 2.30. The number of ether oxygens (including phenoxy) is 1. The lowest BCUT2D eigenvalue weighted by Gasteiger charge is -2.35. The van der Waals surface area contributed by atoms with E-state index in [0.29, 0.717) is 13.2 Å². The van der Waals surface area contributed by atoms with Gasteiger partial charge >= 0.3 is 12.0 Å². The topological polar surface area (TPSA) is 56.3 Å². The molecular formula is C20H32N4O3S. The minimum Gasteiger partial charge on any atom is -0.464 e. The first-order valence-corrected chi connectivity index (χ1v) is 11.1. The molecule has 7 nitrogen and oxygen atoms in total. The summed E-state index contributed by atoms with van der Waals surface area (Å²) in [6, 6.07) is 2.16. The molecule has 8 heteroatoms. The molecule has 0 aromatic carbocycles. The number of amides is 2. The number of esters is 1. The highest BCUT2D eigenvalue weighted by atomic mass is 32.1. The Hall–Kier alpha value is -1.64. The van der Waals surface area contributed by atoms with Gasteiger partial charge in [0, 0.05) is 66.5 Å². The number of carbonyl (C=O) groups excluding carboxylic acids is 2. The molecule has 1 aromatic rings. The van der Waals surface area contributed by atoms with Gasteiger partial charge in [-0.3, -0.25) is 14.6 Å². The van der Waals surface area contributed by atoms with Crippen LogP contribution in [-0.2, 0) is 16.1 Å². The van der Waals surface area contributed by atoms with E-state index in [2.05, 4.69) is 26.6 Å². The number of nitrogens with zero attached hydrogens (tertiary/aromatic N) is 4. The van der Waals surface area contributed by atoms with Crippen LogP contribution in [-0.4, -0.2) is 98.1 Å². The smallest absolute Gasteiger partial charge is 0.319 e. The predicted octanol–water partition coefficient (Wildman–Crippen LogP) is 1.80. The van der Waals surface area contributed by atoms with Gasteiger partial charge in [0.15, 0.2) is 0 Å². The molecular weight excluding hydrogens is 376 g/mol. The van der Waals surface area contributed by atoms with Crippen molar-refractivity contribution in [2.24, 2.45) is 5.92 Å². The highest BCUT2D eigenvalue weighted by Crippen LogP contribution is 2.19. The molecule has 0 aliphatic carbocycles. The van der Waals surface area contributed by atoms with Crippen molar-refractivity contribution in [2.45, 2.75) is 19.4 Å². The number of thiophene rings is 1. The molecule has 1 atom stereocenters. The Morgan fingerprint density at radius 1 is 1.18 bits per heavy atom. The number of likely N-dealkylation sites (tertiary alicyclic amines) is 1. The molecule has 0 bridgehead atoms. The van der Waals surface area contributed by atoms with E-state index >= 15 is 0 Å². The lowest BCUT2D eigenvalue weighted by atomic mass is 9.98. The van der Waals surface area contributed by atoms with Gasteiger partial charge in [0.05, 0.1) is 5.92 Å². The summed E-state index contributed by atoms with van der Waals surface area (Å²) >= 11 is 1.75. The van der Waals surface area contributed by atoms with Crippen LogP contribution in [0.2, 0.25) is 0 Å². The molecule has 2 fully saturated rings. The Kier molecular flexibility index (Phi) is 7.70. The van der Waals surface area contributed by atoms with Crippen molar-refractivity contribution in [3.05, 3.63) is 22.4 Å². The van der Waals surface area contributed by atoms with Crippen LogP contribution in [0.4, 0.5) is 4.79 Å². The fraction of sp³-hybridized carbons (Fsp3) is 0.700. The molecule has 1 aromatic heterocycles. The second kappa shape index (κ2) is 10.2. The Bertz CT molecular complexity index is 629. The molecule has 0 N–H and O–H groups in total. The van der Waals surface area contributed by atoms with Crippen LogP contribution in [0, 0.1) is 5.92 Å². The average Bonchev–Trinajstić information content (AvgIpc) is 3.21. The summed E-state index contributed by atoms with van der Waals surface area (Å²) in [6.07, 6.45) is 1.66. The second-order valence-corrected chi connectivity index (χ2v) is 8.66. The Morgan fingerprint density at radius 3 is 2.61 bits per heavy atom. The van der Waals surface area contributed by atoms with Gasteiger partial charge in [-0.1, -0.05) is 0 Å². The van der Waals surface area contributed by atoms with Crippen LogP contribution >= 0.6 is 11.3 Å². The number of carbonyl (C=O) groups is 2. The molecule has 0 unspecified atom stereocenters. The molecule has 2 aliphatic heterocycles. The van der Waals surface area contributed by atoms with E-state index in [-0.39, 0.29) is 17.9 Å². The highest BCUT2D eigenvalue weighted by molar-refractivity contribution is 7.07. The third kappa shape index (κ3) is 5.93. The van der Waals surface area contributed by atoms with Gasteiger partial charge in [-0.2, -0.15) is 11.3 Å². The van der Waals surface area contributed by atoms with Gasteiger partial charge in [0.1, 0.15) is 6.61 Å². The van der Waals surface area contributed by atoms with Crippen molar-refractivity contribution >= 4 is 23.3 Å². The third-order valence-corrected chi connectivity index (χ3v) is 6.24. The van der Waals surface area contributed by atoms with Crippen LogP contribution in [0.25, 0.3) is 0 Å². The lowest BCUT2D eigenvalue weighted by molar-refractivity contribution is -0.150. The van der Waals surface area contributed by atoms with Gasteiger partial charge in [0.2, 0.25) is 0 Å². The zero-order chi connectivity index (χ0) is 19.9.